The van der Waals surface area contributed by atoms with Crippen molar-refractivity contribution in [3.8, 4) is 0 Å². The van der Waals surface area contributed by atoms with Crippen molar-refractivity contribution in [2.75, 3.05) is 32.7 Å². The Kier molecular flexibility index (Phi) is 6.95. The van der Waals surface area contributed by atoms with E-state index in [-0.39, 0.29) is 11.9 Å². The van der Waals surface area contributed by atoms with Gasteiger partial charge in [0.25, 0.3) is 0 Å². The summed E-state index contributed by atoms with van der Waals surface area (Å²) in [6.45, 7) is 6.91. The molecular formula is C25H29N3OS. The lowest BCUT2D eigenvalue weighted by atomic mass is 10.1. The van der Waals surface area contributed by atoms with Crippen LogP contribution in [0.5, 0.6) is 0 Å². The molecule has 3 aromatic rings. The largest absolute Gasteiger partial charge is 0.339 e. The number of benzene rings is 2. The zero-order valence-electron chi connectivity index (χ0n) is 17.5. The van der Waals surface area contributed by atoms with Crippen LogP contribution in [-0.4, -0.2) is 48.4 Å². The van der Waals surface area contributed by atoms with Crippen molar-refractivity contribution in [2.24, 2.45) is 0 Å². The Hall–Kier alpha value is -2.47. The van der Waals surface area contributed by atoms with E-state index in [0.29, 0.717) is 6.54 Å². The number of hydrogen-bond acceptors (Lipinski definition) is 4. The van der Waals surface area contributed by atoms with E-state index < -0.39 is 0 Å². The Morgan fingerprint density at radius 1 is 0.967 bits per heavy atom. The van der Waals surface area contributed by atoms with Gasteiger partial charge in [0.2, 0.25) is 5.91 Å². The fraction of sp³-hybridized carbons (Fsp3) is 0.320. The van der Waals surface area contributed by atoms with E-state index >= 15 is 0 Å². The molecule has 1 aliphatic heterocycles. The third-order valence-electron chi connectivity index (χ3n) is 5.80. The first-order valence-corrected chi connectivity index (χ1v) is 11.4. The van der Waals surface area contributed by atoms with Crippen molar-refractivity contribution >= 4 is 17.2 Å². The zero-order valence-corrected chi connectivity index (χ0v) is 18.3. The van der Waals surface area contributed by atoms with Gasteiger partial charge < -0.3 is 4.90 Å². The summed E-state index contributed by atoms with van der Waals surface area (Å²) in [4.78, 5) is 18.5. The number of thiophene rings is 1. The van der Waals surface area contributed by atoms with Crippen LogP contribution in [0.4, 0.5) is 0 Å². The van der Waals surface area contributed by atoms with E-state index in [4.69, 9.17) is 0 Å². The van der Waals surface area contributed by atoms with Crippen LogP contribution in [-0.2, 0) is 11.3 Å². The quantitative estimate of drug-likeness (QED) is 0.627. The molecule has 0 unspecified atom stereocenters. The Morgan fingerprint density at radius 2 is 1.70 bits per heavy atom. The van der Waals surface area contributed by atoms with E-state index in [2.05, 4.69) is 71.1 Å². The molecular weight excluding hydrogens is 390 g/mol. The smallest absolute Gasteiger partial charge is 0.236 e. The van der Waals surface area contributed by atoms with Gasteiger partial charge in [0.15, 0.2) is 0 Å². The fourth-order valence-electron chi connectivity index (χ4n) is 3.97. The normalized spacial score (nSPS) is 15.8. The van der Waals surface area contributed by atoms with Crippen LogP contribution >= 0.6 is 11.3 Å². The Morgan fingerprint density at radius 3 is 2.40 bits per heavy atom. The maximum absolute atomic E-state index is 12.9. The standard InChI is InChI=1S/C25H29N3OS/c1-20-8-5-6-11-22(20)19-27-13-15-28(16-14-27)24(29)18-26-25(23-12-7-17-30-23)21-9-3-2-4-10-21/h2-12,17,25-26H,13-16,18-19H2,1H3/t25-/m0/s1. The molecule has 1 N–H and O–H groups in total. The number of aryl methyl sites for hydroxylation is 1. The van der Waals surface area contributed by atoms with Gasteiger partial charge >= 0.3 is 0 Å². The minimum absolute atomic E-state index is 0.0532. The lowest BCUT2D eigenvalue weighted by Gasteiger charge is -2.35. The van der Waals surface area contributed by atoms with Crippen molar-refractivity contribution in [1.82, 2.24) is 15.1 Å². The summed E-state index contributed by atoms with van der Waals surface area (Å²) in [7, 11) is 0. The molecule has 4 rings (SSSR count). The summed E-state index contributed by atoms with van der Waals surface area (Å²) in [5, 5.41) is 5.59. The van der Waals surface area contributed by atoms with E-state index in [1.807, 2.05) is 23.1 Å². The monoisotopic (exact) mass is 419 g/mol. The first-order chi connectivity index (χ1) is 14.7. The highest BCUT2D eigenvalue weighted by Gasteiger charge is 2.23. The Balaban J connectivity index is 1.30. The molecule has 5 heteroatoms. The Bertz CT molecular complexity index is 934. The van der Waals surface area contributed by atoms with Gasteiger partial charge in [0, 0.05) is 37.6 Å². The highest BCUT2D eigenvalue weighted by Crippen LogP contribution is 2.25. The van der Waals surface area contributed by atoms with Crippen LogP contribution in [0.25, 0.3) is 0 Å². The number of rotatable bonds is 7. The molecule has 0 saturated carbocycles. The SMILES string of the molecule is Cc1ccccc1CN1CCN(C(=O)CN[C@@H](c2ccccc2)c2cccs2)CC1. The molecule has 1 atom stereocenters. The lowest BCUT2D eigenvalue weighted by molar-refractivity contribution is -0.132. The molecule has 0 bridgehead atoms. The van der Waals surface area contributed by atoms with Crippen LogP contribution in [0.1, 0.15) is 27.6 Å². The molecule has 1 aliphatic rings. The predicted octanol–water partition coefficient (Wildman–Crippen LogP) is 4.08. The average molecular weight is 420 g/mol. The second-order valence-electron chi connectivity index (χ2n) is 7.82. The number of nitrogens with zero attached hydrogens (tertiary/aromatic N) is 2. The minimum Gasteiger partial charge on any atom is -0.339 e. The maximum atomic E-state index is 12.9. The van der Waals surface area contributed by atoms with Crippen molar-refractivity contribution in [1.29, 1.82) is 0 Å². The van der Waals surface area contributed by atoms with Crippen LogP contribution < -0.4 is 5.32 Å². The highest BCUT2D eigenvalue weighted by atomic mass is 32.1. The summed E-state index contributed by atoms with van der Waals surface area (Å²) >= 11 is 1.72. The van der Waals surface area contributed by atoms with Gasteiger partial charge in [0.1, 0.15) is 0 Å². The molecule has 1 amide bonds. The number of amides is 1. The number of carbonyl (C=O) groups excluding carboxylic acids is 1. The van der Waals surface area contributed by atoms with E-state index in [1.165, 1.54) is 21.6 Å². The molecule has 1 aromatic heterocycles. The van der Waals surface area contributed by atoms with E-state index in [9.17, 15) is 4.79 Å². The number of piperazine rings is 1. The molecule has 0 aliphatic carbocycles. The van der Waals surface area contributed by atoms with Gasteiger partial charge in [-0.25, -0.2) is 0 Å². The lowest BCUT2D eigenvalue weighted by Crippen LogP contribution is -2.50. The topological polar surface area (TPSA) is 35.6 Å². The second-order valence-corrected chi connectivity index (χ2v) is 8.80. The summed E-state index contributed by atoms with van der Waals surface area (Å²) in [5.41, 5.74) is 3.90. The summed E-state index contributed by atoms with van der Waals surface area (Å²) in [6, 6.07) is 23.2. The highest BCUT2D eigenvalue weighted by molar-refractivity contribution is 7.10. The molecule has 0 spiro atoms. The van der Waals surface area contributed by atoms with Crippen LogP contribution in [0.15, 0.2) is 72.1 Å². The van der Waals surface area contributed by atoms with Gasteiger partial charge in [-0.2, -0.15) is 0 Å². The van der Waals surface area contributed by atoms with Gasteiger partial charge in [-0.3, -0.25) is 15.0 Å². The molecule has 4 nitrogen and oxygen atoms in total. The van der Waals surface area contributed by atoms with E-state index in [0.717, 1.165) is 32.7 Å². The number of hydrogen-bond donors (Lipinski definition) is 1. The van der Waals surface area contributed by atoms with Gasteiger partial charge in [-0.05, 0) is 35.1 Å². The summed E-state index contributed by atoms with van der Waals surface area (Å²) in [6.07, 6.45) is 0. The Labute approximate surface area is 183 Å². The molecule has 30 heavy (non-hydrogen) atoms. The molecule has 156 valence electrons. The van der Waals surface area contributed by atoms with Crippen molar-refractivity contribution in [2.45, 2.75) is 19.5 Å². The molecule has 0 radical (unpaired) electrons. The first-order valence-electron chi connectivity index (χ1n) is 10.6. The van der Waals surface area contributed by atoms with Gasteiger partial charge in [-0.1, -0.05) is 60.7 Å². The summed E-state index contributed by atoms with van der Waals surface area (Å²) in [5.74, 6) is 0.183. The molecule has 2 aromatic carbocycles. The second kappa shape index (κ2) is 10.0. The van der Waals surface area contributed by atoms with Crippen LogP contribution in [0.3, 0.4) is 0 Å². The maximum Gasteiger partial charge on any atom is 0.236 e. The van der Waals surface area contributed by atoms with Crippen molar-refractivity contribution in [3.63, 3.8) is 0 Å². The third kappa shape index (κ3) is 5.17. The van der Waals surface area contributed by atoms with Gasteiger partial charge in [-0.15, -0.1) is 11.3 Å². The minimum atomic E-state index is 0.0532. The third-order valence-corrected chi connectivity index (χ3v) is 6.74. The predicted molar refractivity (Wildman–Crippen MR) is 124 cm³/mol. The number of nitrogens with one attached hydrogen (secondary N) is 1. The first kappa shape index (κ1) is 20.8. The fourth-order valence-corrected chi connectivity index (χ4v) is 4.80. The molecule has 1 fully saturated rings. The van der Waals surface area contributed by atoms with Crippen molar-refractivity contribution < 1.29 is 4.79 Å². The molecule has 2 heterocycles. The number of carbonyl (C=O) groups is 1. The molecule has 1 saturated heterocycles. The van der Waals surface area contributed by atoms with Gasteiger partial charge in [0.05, 0.1) is 12.6 Å². The van der Waals surface area contributed by atoms with Crippen molar-refractivity contribution in [3.05, 3.63) is 93.7 Å². The average Bonchev–Trinajstić information content (AvgIpc) is 3.31. The summed E-state index contributed by atoms with van der Waals surface area (Å²) < 4.78 is 0. The van der Waals surface area contributed by atoms with E-state index in [1.54, 1.807) is 11.3 Å². The van der Waals surface area contributed by atoms with Crippen LogP contribution in [0.2, 0.25) is 0 Å². The van der Waals surface area contributed by atoms with Crippen LogP contribution in [0, 0.1) is 6.92 Å². The zero-order chi connectivity index (χ0) is 20.8.